The molecule has 1 atom stereocenters. The zero-order valence-electron chi connectivity index (χ0n) is 7.73. The number of carbonyl (C=O) groups is 1. The summed E-state index contributed by atoms with van der Waals surface area (Å²) in [4.78, 5) is 10.9. The Morgan fingerprint density at radius 2 is 2.00 bits per heavy atom. The zero-order valence-corrected chi connectivity index (χ0v) is 10.8. The number of hydrogen-bond donors (Lipinski definition) is 0. The Kier molecular flexibility index (Phi) is 7.31. The third-order valence-corrected chi connectivity index (χ3v) is 2.56. The van der Waals surface area contributed by atoms with Gasteiger partial charge in [-0.2, -0.15) is 0 Å². The van der Waals surface area contributed by atoms with E-state index >= 15 is 0 Å². The molecule has 0 aromatic carbocycles. The van der Waals surface area contributed by atoms with Crippen molar-refractivity contribution in [3.63, 3.8) is 0 Å². The van der Waals surface area contributed by atoms with Crippen molar-refractivity contribution in [3.8, 4) is 0 Å². The van der Waals surface area contributed by atoms with E-state index in [4.69, 9.17) is 51.1 Å². The first-order chi connectivity index (χ1) is 6.38. The van der Waals surface area contributed by atoms with Crippen LogP contribution in [0.4, 0.5) is 0 Å². The van der Waals surface area contributed by atoms with Crippen molar-refractivity contribution in [2.24, 2.45) is 0 Å². The summed E-state index contributed by atoms with van der Waals surface area (Å²) in [6, 6.07) is 0. The Hall–Kier alpha value is 0.630. The second kappa shape index (κ2) is 7.00. The number of esters is 1. The van der Waals surface area contributed by atoms with Crippen LogP contribution in [0.1, 0.15) is 26.2 Å². The number of hydrogen-bond acceptors (Lipinski definition) is 2. The largest absolute Gasteiger partial charge is 0.463 e. The van der Waals surface area contributed by atoms with Gasteiger partial charge in [-0.05, 0) is 19.3 Å². The monoisotopic (exact) mass is 280 g/mol. The topological polar surface area (TPSA) is 26.3 Å². The van der Waals surface area contributed by atoms with Crippen LogP contribution in [0.15, 0.2) is 0 Å². The second-order valence-corrected chi connectivity index (χ2v) is 5.68. The molecule has 0 fully saturated rings. The van der Waals surface area contributed by atoms with Gasteiger partial charge in [-0.25, -0.2) is 4.79 Å². The molecule has 0 heterocycles. The summed E-state index contributed by atoms with van der Waals surface area (Å²) >= 11 is 21.7. The molecule has 0 aromatic heterocycles. The van der Waals surface area contributed by atoms with Gasteiger partial charge < -0.3 is 4.74 Å². The summed E-state index contributed by atoms with van der Waals surface area (Å²) in [5, 5.41) is 0.112. The Balaban J connectivity index is 3.51. The van der Waals surface area contributed by atoms with E-state index in [0.29, 0.717) is 6.42 Å². The first-order valence-electron chi connectivity index (χ1n) is 4.26. The van der Waals surface area contributed by atoms with Crippen LogP contribution in [0.2, 0.25) is 0 Å². The first kappa shape index (κ1) is 14.6. The Morgan fingerprint density at radius 3 is 2.43 bits per heavy atom. The van der Waals surface area contributed by atoms with Crippen molar-refractivity contribution in [1.29, 1.82) is 0 Å². The maximum absolute atomic E-state index is 10.9. The number of halogens is 4. The molecule has 1 unspecified atom stereocenters. The smallest absolute Gasteiger partial charge is 0.358 e. The van der Waals surface area contributed by atoms with E-state index in [-0.39, 0.29) is 12.0 Å². The fraction of sp³-hybridized carbons (Fsp3) is 0.875. The summed E-state index contributed by atoms with van der Waals surface area (Å²) in [6.45, 7) is 2.22. The molecule has 0 aromatic rings. The van der Waals surface area contributed by atoms with Crippen LogP contribution in [0.25, 0.3) is 0 Å². The maximum atomic E-state index is 10.9. The van der Waals surface area contributed by atoms with Gasteiger partial charge in [-0.15, -0.1) is 11.6 Å². The first-order valence-corrected chi connectivity index (χ1v) is 5.83. The normalized spacial score (nSPS) is 13.8. The minimum atomic E-state index is -1.98. The van der Waals surface area contributed by atoms with Crippen LogP contribution in [0, 0.1) is 0 Å². The molecule has 0 aliphatic carbocycles. The highest BCUT2D eigenvalue weighted by molar-refractivity contribution is 6.75. The van der Waals surface area contributed by atoms with Crippen LogP contribution < -0.4 is 0 Å². The van der Waals surface area contributed by atoms with Crippen molar-refractivity contribution in [1.82, 2.24) is 0 Å². The summed E-state index contributed by atoms with van der Waals surface area (Å²) in [5.41, 5.74) is 0. The van der Waals surface area contributed by atoms with Crippen molar-refractivity contribution < 1.29 is 9.53 Å². The van der Waals surface area contributed by atoms with Crippen molar-refractivity contribution in [2.45, 2.75) is 35.4 Å². The molecule has 14 heavy (non-hydrogen) atoms. The van der Waals surface area contributed by atoms with Gasteiger partial charge >= 0.3 is 5.97 Å². The lowest BCUT2D eigenvalue weighted by Gasteiger charge is -2.11. The lowest BCUT2D eigenvalue weighted by Crippen LogP contribution is -2.22. The summed E-state index contributed by atoms with van der Waals surface area (Å²) in [6.07, 6.45) is 2.35. The molecule has 6 heteroatoms. The van der Waals surface area contributed by atoms with Gasteiger partial charge in [0.15, 0.2) is 0 Å². The number of ether oxygens (including phenoxy) is 1. The van der Waals surface area contributed by atoms with E-state index in [0.717, 1.165) is 12.8 Å². The van der Waals surface area contributed by atoms with Crippen LogP contribution in [0.5, 0.6) is 0 Å². The summed E-state index contributed by atoms with van der Waals surface area (Å²) in [5.74, 6) is -0.842. The van der Waals surface area contributed by atoms with E-state index in [1.54, 1.807) is 0 Å². The number of alkyl halides is 4. The third kappa shape index (κ3) is 6.99. The molecule has 0 amide bonds. The van der Waals surface area contributed by atoms with Crippen molar-refractivity contribution >= 4 is 52.4 Å². The minimum Gasteiger partial charge on any atom is -0.463 e. The van der Waals surface area contributed by atoms with Gasteiger partial charge in [0.1, 0.15) is 0 Å². The molecule has 0 bridgehead atoms. The van der Waals surface area contributed by atoms with E-state index in [1.165, 1.54) is 0 Å². The molecule has 0 rings (SSSR count). The third-order valence-electron chi connectivity index (χ3n) is 1.57. The highest BCUT2D eigenvalue weighted by Crippen LogP contribution is 2.27. The summed E-state index contributed by atoms with van der Waals surface area (Å²) < 4.78 is 2.73. The van der Waals surface area contributed by atoms with Crippen molar-refractivity contribution in [2.75, 3.05) is 6.61 Å². The molecular formula is C8H12Cl4O2. The standard InChI is InChI=1S/C8H12Cl4O2/c1-2-6(9)4-3-5-14-7(13)8(10,11)12/h6H,2-5H2,1H3. The molecule has 0 spiro atoms. The predicted octanol–water partition coefficient (Wildman–Crippen LogP) is 3.70. The van der Waals surface area contributed by atoms with Gasteiger partial charge in [-0.1, -0.05) is 41.7 Å². The molecule has 0 saturated heterocycles. The van der Waals surface area contributed by atoms with E-state index in [1.807, 2.05) is 6.92 Å². The second-order valence-electron chi connectivity index (χ2n) is 2.78. The molecule has 2 nitrogen and oxygen atoms in total. The lowest BCUT2D eigenvalue weighted by molar-refractivity contribution is -0.142. The molecule has 0 N–H and O–H groups in total. The Morgan fingerprint density at radius 1 is 1.43 bits per heavy atom. The summed E-state index contributed by atoms with van der Waals surface area (Å²) in [7, 11) is 0. The maximum Gasteiger partial charge on any atom is 0.358 e. The quantitative estimate of drug-likeness (QED) is 0.436. The molecular weight excluding hydrogens is 270 g/mol. The van der Waals surface area contributed by atoms with Gasteiger partial charge in [0, 0.05) is 5.38 Å². The fourth-order valence-electron chi connectivity index (χ4n) is 0.756. The van der Waals surface area contributed by atoms with Gasteiger partial charge in [0.25, 0.3) is 3.79 Å². The molecule has 0 saturated carbocycles. The Bertz CT molecular complexity index is 179. The number of carbonyl (C=O) groups excluding carboxylic acids is 1. The zero-order chi connectivity index (χ0) is 11.2. The highest BCUT2D eigenvalue weighted by atomic mass is 35.6. The van der Waals surface area contributed by atoms with E-state index in [2.05, 4.69) is 0 Å². The molecule has 84 valence electrons. The average molecular weight is 282 g/mol. The molecule has 0 aliphatic heterocycles. The van der Waals surface area contributed by atoms with Gasteiger partial charge in [0.2, 0.25) is 0 Å². The van der Waals surface area contributed by atoms with Crippen LogP contribution in [-0.4, -0.2) is 21.7 Å². The van der Waals surface area contributed by atoms with E-state index < -0.39 is 9.76 Å². The van der Waals surface area contributed by atoms with E-state index in [9.17, 15) is 4.79 Å². The highest BCUT2D eigenvalue weighted by Gasteiger charge is 2.32. The molecule has 0 aliphatic rings. The Labute approximate surface area is 104 Å². The van der Waals surface area contributed by atoms with Crippen LogP contribution in [0.3, 0.4) is 0 Å². The van der Waals surface area contributed by atoms with Crippen molar-refractivity contribution in [3.05, 3.63) is 0 Å². The van der Waals surface area contributed by atoms with Gasteiger partial charge in [-0.3, -0.25) is 0 Å². The average Bonchev–Trinajstić information content (AvgIpc) is 2.09. The minimum absolute atomic E-state index is 0.112. The van der Waals surface area contributed by atoms with Crippen LogP contribution in [-0.2, 0) is 9.53 Å². The predicted molar refractivity (Wildman–Crippen MR) is 60.4 cm³/mol. The fourth-order valence-corrected chi connectivity index (χ4v) is 1.07. The SMILES string of the molecule is CCC(Cl)CCCOC(=O)C(Cl)(Cl)Cl. The number of rotatable bonds is 5. The van der Waals surface area contributed by atoms with Crippen LogP contribution >= 0.6 is 46.4 Å². The van der Waals surface area contributed by atoms with Gasteiger partial charge in [0.05, 0.1) is 6.61 Å². The lowest BCUT2D eigenvalue weighted by atomic mass is 10.2. The molecule has 0 radical (unpaired) electrons.